The van der Waals surface area contributed by atoms with Gasteiger partial charge in [-0.2, -0.15) is 0 Å². The molecule has 0 saturated carbocycles. The van der Waals surface area contributed by atoms with E-state index in [-0.39, 0.29) is 22.8 Å². The zero-order valence-electron chi connectivity index (χ0n) is 21.8. The highest BCUT2D eigenvalue weighted by atomic mass is 16.5. The maximum atomic E-state index is 13.2. The Labute approximate surface area is 213 Å². The van der Waals surface area contributed by atoms with Gasteiger partial charge in [0, 0.05) is 12.1 Å². The molecule has 0 spiro atoms. The molecule has 1 unspecified atom stereocenters. The van der Waals surface area contributed by atoms with Crippen molar-refractivity contribution >= 4 is 17.4 Å². The number of aryl methyl sites for hydroxylation is 1. The van der Waals surface area contributed by atoms with E-state index in [1.165, 1.54) is 11.0 Å². The second-order valence-corrected chi connectivity index (χ2v) is 9.54. The van der Waals surface area contributed by atoms with Crippen LogP contribution in [0.4, 0.5) is 0 Å². The van der Waals surface area contributed by atoms with Crippen LogP contribution >= 0.6 is 0 Å². The third-order valence-corrected chi connectivity index (χ3v) is 6.16. The summed E-state index contributed by atoms with van der Waals surface area (Å²) in [4.78, 5) is 27.9. The van der Waals surface area contributed by atoms with Crippen molar-refractivity contribution in [2.45, 2.75) is 59.9 Å². The summed E-state index contributed by atoms with van der Waals surface area (Å²) in [7, 11) is 0. The van der Waals surface area contributed by atoms with E-state index < -0.39 is 17.7 Å². The Morgan fingerprint density at radius 3 is 2.42 bits per heavy atom. The van der Waals surface area contributed by atoms with Crippen LogP contribution in [-0.4, -0.2) is 46.6 Å². The number of Topliss-reactive ketones (excluding diaryl/α,β-unsaturated/α-hetero) is 1. The van der Waals surface area contributed by atoms with E-state index in [2.05, 4.69) is 20.8 Å². The van der Waals surface area contributed by atoms with Gasteiger partial charge in [0.2, 0.25) is 0 Å². The number of carbonyl (C=O) groups excluding carboxylic acids is 2. The molecule has 0 radical (unpaired) electrons. The number of nitrogens with zero attached hydrogens (tertiary/aromatic N) is 1. The molecule has 1 heterocycles. The van der Waals surface area contributed by atoms with Crippen molar-refractivity contribution in [2.24, 2.45) is 5.92 Å². The van der Waals surface area contributed by atoms with Crippen LogP contribution in [0.2, 0.25) is 0 Å². The zero-order valence-corrected chi connectivity index (χ0v) is 21.8. The second kappa shape index (κ2) is 12.0. The molecule has 0 aromatic heterocycles. The fourth-order valence-corrected chi connectivity index (χ4v) is 4.33. The minimum atomic E-state index is -0.793. The maximum Gasteiger partial charge on any atom is 0.295 e. The number of carbonyl (C=O) groups is 2. The first-order valence-corrected chi connectivity index (χ1v) is 12.7. The first-order valence-electron chi connectivity index (χ1n) is 12.7. The first kappa shape index (κ1) is 27.1. The molecule has 3 rings (SSSR count). The maximum absolute atomic E-state index is 13.2. The Hall–Kier alpha value is -3.48. The molecular formula is C29H37NO6. The van der Waals surface area contributed by atoms with Crippen LogP contribution in [0.3, 0.4) is 0 Å². The van der Waals surface area contributed by atoms with E-state index in [1.54, 1.807) is 37.3 Å². The summed E-state index contributed by atoms with van der Waals surface area (Å²) in [6, 6.07) is 9.20. The number of phenolic OH excluding ortho intramolecular Hbond substituents is 1. The molecule has 194 valence electrons. The largest absolute Gasteiger partial charge is 0.507 e. The highest BCUT2D eigenvalue weighted by Gasteiger charge is 2.46. The average molecular weight is 496 g/mol. The van der Waals surface area contributed by atoms with Gasteiger partial charge in [0.25, 0.3) is 11.7 Å². The molecule has 1 fully saturated rings. The molecule has 0 bridgehead atoms. The topological polar surface area (TPSA) is 96.3 Å². The van der Waals surface area contributed by atoms with Crippen LogP contribution < -0.4 is 9.47 Å². The number of ether oxygens (including phenoxy) is 2. The molecule has 0 aliphatic carbocycles. The van der Waals surface area contributed by atoms with Crippen molar-refractivity contribution in [1.82, 2.24) is 4.90 Å². The smallest absolute Gasteiger partial charge is 0.295 e. The van der Waals surface area contributed by atoms with E-state index in [9.17, 15) is 19.8 Å². The minimum absolute atomic E-state index is 0.0277. The van der Waals surface area contributed by atoms with Gasteiger partial charge in [0.1, 0.15) is 11.5 Å². The zero-order chi connectivity index (χ0) is 26.4. The fraction of sp³-hybridized carbons (Fsp3) is 0.448. The van der Waals surface area contributed by atoms with Gasteiger partial charge in [-0.15, -0.1) is 0 Å². The minimum Gasteiger partial charge on any atom is -0.507 e. The monoisotopic (exact) mass is 495 g/mol. The summed E-state index contributed by atoms with van der Waals surface area (Å²) < 4.78 is 11.4. The number of hydrogen-bond acceptors (Lipinski definition) is 6. The summed E-state index contributed by atoms with van der Waals surface area (Å²) in [5, 5.41) is 21.5. The Kier molecular flexibility index (Phi) is 9.02. The van der Waals surface area contributed by atoms with Crippen LogP contribution in [-0.2, 0) is 9.59 Å². The molecule has 7 heteroatoms. The Morgan fingerprint density at radius 2 is 1.78 bits per heavy atom. The summed E-state index contributed by atoms with van der Waals surface area (Å²) in [5.41, 5.74) is 1.86. The van der Waals surface area contributed by atoms with E-state index in [1.807, 2.05) is 6.92 Å². The van der Waals surface area contributed by atoms with Crippen molar-refractivity contribution in [3.05, 3.63) is 58.7 Å². The van der Waals surface area contributed by atoms with Crippen LogP contribution in [0.15, 0.2) is 42.0 Å². The number of aliphatic hydroxyl groups excluding tert-OH is 1. The van der Waals surface area contributed by atoms with Gasteiger partial charge >= 0.3 is 0 Å². The standard InChI is InChI=1S/C29H37NO6/c1-6-8-9-14-30-26(20-10-12-22(31)24(16-20)35-7-2)25(28(33)29(30)34)27(32)21-11-13-23(19(5)15-21)36-17-18(3)4/h10-13,15-16,18,26,31-32H,6-9,14,17H2,1-5H3/b27-25-. The molecule has 2 aromatic rings. The third kappa shape index (κ3) is 5.83. The van der Waals surface area contributed by atoms with Crippen molar-refractivity contribution < 1.29 is 29.3 Å². The van der Waals surface area contributed by atoms with E-state index in [4.69, 9.17) is 9.47 Å². The lowest BCUT2D eigenvalue weighted by molar-refractivity contribution is -0.139. The molecule has 36 heavy (non-hydrogen) atoms. The number of phenols is 1. The number of aliphatic hydroxyl groups is 1. The molecular weight excluding hydrogens is 458 g/mol. The van der Waals surface area contributed by atoms with Gasteiger partial charge in [-0.3, -0.25) is 9.59 Å². The number of aromatic hydroxyl groups is 1. The van der Waals surface area contributed by atoms with Crippen molar-refractivity contribution in [1.29, 1.82) is 0 Å². The molecule has 7 nitrogen and oxygen atoms in total. The Morgan fingerprint density at radius 1 is 1.03 bits per heavy atom. The SMILES string of the molecule is CCCCCN1C(=O)C(=O)/C(=C(\O)c2ccc(OCC(C)C)c(C)c2)C1c1ccc(O)c(OCC)c1. The Balaban J connectivity index is 2.10. The first-order chi connectivity index (χ1) is 17.2. The third-order valence-electron chi connectivity index (χ3n) is 6.16. The van der Waals surface area contributed by atoms with E-state index in [0.29, 0.717) is 42.6 Å². The number of ketones is 1. The predicted molar refractivity (Wildman–Crippen MR) is 139 cm³/mol. The van der Waals surface area contributed by atoms with E-state index in [0.717, 1.165) is 24.8 Å². The highest BCUT2D eigenvalue weighted by Crippen LogP contribution is 2.42. The normalized spacial score (nSPS) is 17.2. The van der Waals surface area contributed by atoms with Gasteiger partial charge in [-0.1, -0.05) is 39.7 Å². The quantitative estimate of drug-likeness (QED) is 0.178. The molecule has 2 aromatic carbocycles. The predicted octanol–water partition coefficient (Wildman–Crippen LogP) is 5.75. The van der Waals surface area contributed by atoms with Crippen molar-refractivity contribution in [3.63, 3.8) is 0 Å². The second-order valence-electron chi connectivity index (χ2n) is 9.54. The molecule has 1 amide bonds. The van der Waals surface area contributed by atoms with Crippen LogP contribution in [0.1, 0.15) is 69.7 Å². The summed E-state index contributed by atoms with van der Waals surface area (Å²) in [6.45, 7) is 11.2. The highest BCUT2D eigenvalue weighted by molar-refractivity contribution is 6.46. The van der Waals surface area contributed by atoms with Crippen molar-refractivity contribution in [2.75, 3.05) is 19.8 Å². The van der Waals surface area contributed by atoms with Crippen molar-refractivity contribution in [3.8, 4) is 17.2 Å². The number of benzene rings is 2. The fourth-order valence-electron chi connectivity index (χ4n) is 4.33. The van der Waals surface area contributed by atoms with Gasteiger partial charge in [0.05, 0.1) is 24.8 Å². The summed E-state index contributed by atoms with van der Waals surface area (Å²) in [5.74, 6) is -0.298. The number of unbranched alkanes of at least 4 members (excludes halogenated alkanes) is 2. The van der Waals surface area contributed by atoms with Crippen LogP contribution in [0, 0.1) is 12.8 Å². The molecule has 1 atom stereocenters. The van der Waals surface area contributed by atoms with Gasteiger partial charge in [-0.25, -0.2) is 0 Å². The lowest BCUT2D eigenvalue weighted by Crippen LogP contribution is -2.30. The lowest BCUT2D eigenvalue weighted by Gasteiger charge is -2.26. The average Bonchev–Trinajstić information content (AvgIpc) is 3.09. The van der Waals surface area contributed by atoms with E-state index >= 15 is 0 Å². The summed E-state index contributed by atoms with van der Waals surface area (Å²) in [6.07, 6.45) is 2.61. The van der Waals surface area contributed by atoms with Crippen LogP contribution in [0.5, 0.6) is 17.2 Å². The van der Waals surface area contributed by atoms with Gasteiger partial charge in [0.15, 0.2) is 11.5 Å². The number of amides is 1. The molecule has 1 aliphatic heterocycles. The number of likely N-dealkylation sites (tertiary alicyclic amines) is 1. The molecule has 2 N–H and O–H groups in total. The Bertz CT molecular complexity index is 1140. The lowest BCUT2D eigenvalue weighted by atomic mass is 9.94. The van der Waals surface area contributed by atoms with Gasteiger partial charge in [-0.05, 0) is 67.6 Å². The summed E-state index contributed by atoms with van der Waals surface area (Å²) >= 11 is 0. The molecule has 1 saturated heterocycles. The number of hydrogen-bond donors (Lipinski definition) is 2. The van der Waals surface area contributed by atoms with Gasteiger partial charge < -0.3 is 24.6 Å². The van der Waals surface area contributed by atoms with Crippen LogP contribution in [0.25, 0.3) is 5.76 Å². The number of rotatable bonds is 11. The molecule has 1 aliphatic rings.